The van der Waals surface area contributed by atoms with Crippen LogP contribution in [-0.2, 0) is 20.7 Å². The second-order valence-corrected chi connectivity index (χ2v) is 6.00. The summed E-state index contributed by atoms with van der Waals surface area (Å²) in [5.41, 5.74) is 0. The number of nitrogens with zero attached hydrogens (tertiary/aromatic N) is 2. The van der Waals surface area contributed by atoms with Crippen LogP contribution in [-0.4, -0.2) is 47.1 Å². The summed E-state index contributed by atoms with van der Waals surface area (Å²) < 4.78 is 17.3. The molecule has 2 aliphatic rings. The average molecular weight is 284 g/mol. The number of hydrogen-bond donors (Lipinski definition) is 0. The highest BCUT2D eigenvalue weighted by Crippen LogP contribution is 2.32. The largest absolute Gasteiger partial charge is 0.604 e. The zero-order valence-electron chi connectivity index (χ0n) is 11.4. The van der Waals surface area contributed by atoms with E-state index in [9.17, 15) is 9.35 Å². The third-order valence-corrected chi connectivity index (χ3v) is 4.76. The number of ether oxygens (including phenoxy) is 1. The van der Waals surface area contributed by atoms with Crippen molar-refractivity contribution in [2.24, 2.45) is 0 Å². The van der Waals surface area contributed by atoms with Gasteiger partial charge in [0.25, 0.3) is 0 Å². The summed E-state index contributed by atoms with van der Waals surface area (Å²) in [5.74, 6) is -0.439. The average Bonchev–Trinajstić information content (AvgIpc) is 2.68. The van der Waals surface area contributed by atoms with Gasteiger partial charge < -0.3 is 19.1 Å². The molecule has 0 aromatic rings. The van der Waals surface area contributed by atoms with E-state index in [1.54, 1.807) is 18.9 Å². The fourth-order valence-electron chi connectivity index (χ4n) is 2.27. The predicted octanol–water partition coefficient (Wildman–Crippen LogP) is 1.37. The molecule has 106 valence electrons. The second-order valence-electron chi connectivity index (χ2n) is 4.63. The van der Waals surface area contributed by atoms with Crippen LogP contribution in [0.3, 0.4) is 0 Å². The molecule has 2 heterocycles. The normalized spacial score (nSPS) is 25.7. The number of esters is 1. The third-order valence-electron chi connectivity index (χ3n) is 3.23. The van der Waals surface area contributed by atoms with Crippen LogP contribution in [0.1, 0.15) is 26.2 Å². The van der Waals surface area contributed by atoms with Gasteiger partial charge in [-0.25, -0.2) is 4.79 Å². The number of hydrogen-bond acceptors (Lipinski definition) is 5. The Labute approximate surface area is 117 Å². The molecule has 1 unspecified atom stereocenters. The highest BCUT2D eigenvalue weighted by atomic mass is 32.2. The smallest absolute Gasteiger partial charge is 0.337 e. The molecule has 0 aromatic carbocycles. The lowest BCUT2D eigenvalue weighted by Crippen LogP contribution is -2.31. The molecule has 2 aliphatic heterocycles. The van der Waals surface area contributed by atoms with E-state index in [2.05, 4.69) is 4.90 Å². The van der Waals surface area contributed by atoms with Gasteiger partial charge in [-0.3, -0.25) is 0 Å². The van der Waals surface area contributed by atoms with Gasteiger partial charge in [0.05, 0.1) is 30.1 Å². The highest BCUT2D eigenvalue weighted by molar-refractivity contribution is 7.99. The zero-order valence-corrected chi connectivity index (χ0v) is 12.2. The van der Waals surface area contributed by atoms with Crippen LogP contribution in [0.4, 0.5) is 0 Å². The molecule has 19 heavy (non-hydrogen) atoms. The summed E-state index contributed by atoms with van der Waals surface area (Å²) in [6, 6.07) is 0. The van der Waals surface area contributed by atoms with Crippen molar-refractivity contribution in [3.8, 4) is 0 Å². The monoisotopic (exact) mass is 284 g/mol. The van der Waals surface area contributed by atoms with Crippen molar-refractivity contribution < 1.29 is 14.1 Å². The van der Waals surface area contributed by atoms with Crippen molar-refractivity contribution >= 4 is 17.1 Å². The fourth-order valence-corrected chi connectivity index (χ4v) is 3.67. The van der Waals surface area contributed by atoms with Crippen LogP contribution in [0.25, 0.3) is 0 Å². The topological polar surface area (TPSA) is 55.8 Å². The maximum atomic E-state index is 12.4. The molecular weight excluding hydrogens is 264 g/mol. The van der Waals surface area contributed by atoms with Crippen molar-refractivity contribution in [3.63, 3.8) is 0 Å². The van der Waals surface area contributed by atoms with Gasteiger partial charge >= 0.3 is 5.97 Å². The maximum absolute atomic E-state index is 12.4. The minimum Gasteiger partial charge on any atom is -0.604 e. The number of carbonyl (C=O) groups is 1. The molecular formula is C13H20N2O3S. The van der Waals surface area contributed by atoms with Crippen molar-refractivity contribution in [2.75, 3.05) is 26.7 Å². The van der Waals surface area contributed by atoms with Gasteiger partial charge in [-0.2, -0.15) is 0 Å². The first-order valence-electron chi connectivity index (χ1n) is 6.63. The molecule has 0 N–H and O–H groups in total. The molecule has 0 saturated carbocycles. The van der Waals surface area contributed by atoms with Crippen LogP contribution < -0.4 is 0 Å². The third kappa shape index (κ3) is 3.25. The van der Waals surface area contributed by atoms with Gasteiger partial charge in [0.1, 0.15) is 0 Å². The SMILES string of the molecule is CCOC(=O)C=C1N(C)C=C(N2CCCCC2)[S+]1[O-]. The standard InChI is InChI=1S/C13H20N2O3S/c1-3-18-13(16)9-11-14(2)10-12(19(11)17)15-7-5-4-6-8-15/h9-10H,3-8H2,1-2H3. The molecule has 2 rings (SSSR count). The second kappa shape index (κ2) is 6.34. The van der Waals surface area contributed by atoms with Gasteiger partial charge in [0.15, 0.2) is 0 Å². The quantitative estimate of drug-likeness (QED) is 0.445. The Morgan fingerprint density at radius 1 is 1.47 bits per heavy atom. The summed E-state index contributed by atoms with van der Waals surface area (Å²) >= 11 is -1.28. The molecule has 5 nitrogen and oxygen atoms in total. The number of likely N-dealkylation sites (tertiary alicyclic amines) is 1. The Balaban J connectivity index is 2.09. The van der Waals surface area contributed by atoms with Crippen LogP contribution in [0.15, 0.2) is 22.3 Å². The lowest BCUT2D eigenvalue weighted by Gasteiger charge is -2.27. The van der Waals surface area contributed by atoms with E-state index in [1.807, 2.05) is 6.20 Å². The summed E-state index contributed by atoms with van der Waals surface area (Å²) in [4.78, 5) is 15.4. The Morgan fingerprint density at radius 3 is 2.79 bits per heavy atom. The van der Waals surface area contributed by atoms with Gasteiger partial charge in [-0.1, -0.05) is 0 Å². The van der Waals surface area contributed by atoms with Crippen molar-refractivity contribution in [1.82, 2.24) is 9.80 Å². The maximum Gasteiger partial charge on any atom is 0.337 e. The summed E-state index contributed by atoms with van der Waals surface area (Å²) in [6.45, 7) is 3.96. The molecule has 0 amide bonds. The first-order valence-corrected chi connectivity index (χ1v) is 7.78. The molecule has 1 saturated heterocycles. The molecule has 0 spiro atoms. The molecule has 1 fully saturated rings. The van der Waals surface area contributed by atoms with Crippen LogP contribution in [0, 0.1) is 0 Å². The molecule has 6 heteroatoms. The Bertz CT molecular complexity index is 403. The van der Waals surface area contributed by atoms with E-state index in [1.165, 1.54) is 12.5 Å². The molecule has 0 aliphatic carbocycles. The highest BCUT2D eigenvalue weighted by Gasteiger charge is 2.36. The molecule has 0 bridgehead atoms. The summed E-state index contributed by atoms with van der Waals surface area (Å²) in [6.07, 6.45) is 6.68. The van der Waals surface area contributed by atoms with E-state index in [0.29, 0.717) is 11.6 Å². The van der Waals surface area contributed by atoms with Crippen LogP contribution in [0.5, 0.6) is 0 Å². The van der Waals surface area contributed by atoms with Gasteiger partial charge in [0, 0.05) is 20.1 Å². The van der Waals surface area contributed by atoms with Crippen LogP contribution >= 0.6 is 0 Å². The first-order chi connectivity index (χ1) is 9.13. The lowest BCUT2D eigenvalue weighted by atomic mass is 10.1. The van der Waals surface area contributed by atoms with Gasteiger partial charge in [0.2, 0.25) is 10.1 Å². The van der Waals surface area contributed by atoms with Crippen molar-refractivity contribution in [1.29, 1.82) is 0 Å². The minimum absolute atomic E-state index is 0.325. The minimum atomic E-state index is -1.28. The number of rotatable bonds is 3. The van der Waals surface area contributed by atoms with E-state index in [0.717, 1.165) is 31.0 Å². The Kier molecular flexibility index (Phi) is 4.76. The van der Waals surface area contributed by atoms with Crippen LogP contribution in [0.2, 0.25) is 0 Å². The lowest BCUT2D eigenvalue weighted by molar-refractivity contribution is -0.137. The molecule has 0 radical (unpaired) electrons. The first kappa shape index (κ1) is 14.3. The van der Waals surface area contributed by atoms with Crippen molar-refractivity contribution in [3.05, 3.63) is 22.3 Å². The van der Waals surface area contributed by atoms with E-state index >= 15 is 0 Å². The molecule has 0 aromatic heterocycles. The predicted molar refractivity (Wildman–Crippen MR) is 74.1 cm³/mol. The van der Waals surface area contributed by atoms with E-state index in [4.69, 9.17) is 4.74 Å². The number of carbonyl (C=O) groups excluding carboxylic acids is 1. The Morgan fingerprint density at radius 2 is 2.16 bits per heavy atom. The van der Waals surface area contributed by atoms with E-state index < -0.39 is 17.1 Å². The van der Waals surface area contributed by atoms with Gasteiger partial charge in [-0.05, 0) is 26.2 Å². The molecule has 1 atom stereocenters. The summed E-state index contributed by atoms with van der Waals surface area (Å²) in [7, 11) is 1.81. The Hall–Kier alpha value is -1.14. The van der Waals surface area contributed by atoms with E-state index in [-0.39, 0.29) is 0 Å². The number of piperidine rings is 1. The van der Waals surface area contributed by atoms with Gasteiger partial charge in [-0.15, -0.1) is 0 Å². The fraction of sp³-hybridized carbons (Fsp3) is 0.615. The zero-order chi connectivity index (χ0) is 13.8. The summed E-state index contributed by atoms with van der Waals surface area (Å²) in [5, 5.41) is 1.30. The van der Waals surface area contributed by atoms with Crippen molar-refractivity contribution in [2.45, 2.75) is 26.2 Å².